The Balaban J connectivity index is 0.000000487. The second-order valence-electron chi connectivity index (χ2n) is 4.87. The quantitative estimate of drug-likeness (QED) is 0.423. The van der Waals surface area contributed by atoms with Crippen LogP contribution >= 0.6 is 11.3 Å². The fraction of sp³-hybridized carbons (Fsp3) is 0.235. The number of carbonyl (C=O) groups excluding carboxylic acids is 1. The number of hydrogen-bond acceptors (Lipinski definition) is 6. The molecule has 0 aliphatic carbocycles. The lowest BCUT2D eigenvalue weighted by molar-refractivity contribution is -0.159. The molecule has 1 heterocycles. The van der Waals surface area contributed by atoms with Crippen molar-refractivity contribution in [2.24, 2.45) is 0 Å². The lowest BCUT2D eigenvalue weighted by atomic mass is 10.2. The van der Waals surface area contributed by atoms with Crippen LogP contribution in [0.1, 0.15) is 15.2 Å². The van der Waals surface area contributed by atoms with Crippen molar-refractivity contribution in [3.63, 3.8) is 0 Å². The molecular formula is C17H20N2O6S. The number of thiophene rings is 1. The van der Waals surface area contributed by atoms with Crippen molar-refractivity contribution >= 4 is 29.2 Å². The van der Waals surface area contributed by atoms with Crippen molar-refractivity contribution in [1.29, 1.82) is 0 Å². The molecule has 2 rings (SSSR count). The highest BCUT2D eigenvalue weighted by molar-refractivity contribution is 7.12. The Morgan fingerprint density at radius 1 is 1.08 bits per heavy atom. The van der Waals surface area contributed by atoms with Crippen LogP contribution in [0.3, 0.4) is 0 Å². The summed E-state index contributed by atoms with van der Waals surface area (Å²) in [5.74, 6) is -2.80. The molecular weight excluding hydrogens is 360 g/mol. The Bertz CT molecular complexity index is 706. The second kappa shape index (κ2) is 11.6. The monoisotopic (exact) mass is 380 g/mol. The van der Waals surface area contributed by atoms with E-state index in [0.717, 1.165) is 29.3 Å². The van der Waals surface area contributed by atoms with Gasteiger partial charge in [0, 0.05) is 19.6 Å². The smallest absolute Gasteiger partial charge is 0.414 e. The largest absolute Gasteiger partial charge is 0.497 e. The average molecular weight is 380 g/mol. The van der Waals surface area contributed by atoms with E-state index >= 15 is 0 Å². The van der Waals surface area contributed by atoms with Gasteiger partial charge in [-0.3, -0.25) is 4.79 Å². The predicted molar refractivity (Wildman–Crippen MR) is 96.6 cm³/mol. The summed E-state index contributed by atoms with van der Waals surface area (Å²) in [7, 11) is 1.66. The van der Waals surface area contributed by atoms with Gasteiger partial charge in [-0.2, -0.15) is 0 Å². The zero-order valence-corrected chi connectivity index (χ0v) is 14.9. The molecule has 0 saturated carbocycles. The summed E-state index contributed by atoms with van der Waals surface area (Å²) in [4.78, 5) is 30.6. The molecule has 1 aromatic carbocycles. The van der Waals surface area contributed by atoms with Crippen LogP contribution in [-0.2, 0) is 16.1 Å². The molecule has 0 bridgehead atoms. The molecule has 26 heavy (non-hydrogen) atoms. The molecule has 0 saturated heterocycles. The number of hydrogen-bond donors (Lipinski definition) is 4. The molecule has 0 unspecified atom stereocenters. The number of ether oxygens (including phenoxy) is 1. The van der Waals surface area contributed by atoms with E-state index in [1.54, 1.807) is 7.11 Å². The molecule has 0 radical (unpaired) electrons. The predicted octanol–water partition coefficient (Wildman–Crippen LogP) is 1.43. The summed E-state index contributed by atoms with van der Waals surface area (Å²) in [5, 5.41) is 22.8. The Labute approximate surface area is 154 Å². The van der Waals surface area contributed by atoms with Gasteiger partial charge in [0.15, 0.2) is 0 Å². The van der Waals surface area contributed by atoms with Gasteiger partial charge < -0.3 is 25.6 Å². The van der Waals surface area contributed by atoms with Gasteiger partial charge in [-0.05, 0) is 29.1 Å². The van der Waals surface area contributed by atoms with Crippen LogP contribution in [0.5, 0.6) is 5.75 Å². The van der Waals surface area contributed by atoms with Gasteiger partial charge in [-0.15, -0.1) is 11.3 Å². The molecule has 2 aromatic rings. The summed E-state index contributed by atoms with van der Waals surface area (Å²) in [6.07, 6.45) is 0. The standard InChI is InChI=1S/C15H18N2O2S.C2H2O4/c1-19-13-5-2-4-12(10-13)11-16-7-8-17-15(18)14-6-3-9-20-14;3-1(4)2(5)6/h2-6,9-10,16H,7-8,11H2,1H3,(H,17,18);(H,3,4)(H,5,6). The number of carboxylic acids is 2. The second-order valence-corrected chi connectivity index (χ2v) is 5.82. The van der Waals surface area contributed by atoms with E-state index in [1.807, 2.05) is 41.8 Å². The molecule has 9 heteroatoms. The minimum Gasteiger partial charge on any atom is -0.497 e. The van der Waals surface area contributed by atoms with E-state index in [0.29, 0.717) is 6.54 Å². The van der Waals surface area contributed by atoms with Crippen LogP contribution in [-0.4, -0.2) is 48.3 Å². The number of benzene rings is 1. The van der Waals surface area contributed by atoms with E-state index in [1.165, 1.54) is 11.3 Å². The Hall–Kier alpha value is -2.91. The van der Waals surface area contributed by atoms with E-state index < -0.39 is 11.9 Å². The van der Waals surface area contributed by atoms with E-state index in [9.17, 15) is 4.79 Å². The fourth-order valence-corrected chi connectivity index (χ4v) is 2.41. The average Bonchev–Trinajstić information content (AvgIpc) is 3.16. The van der Waals surface area contributed by atoms with Gasteiger partial charge in [0.25, 0.3) is 5.91 Å². The first-order chi connectivity index (χ1) is 12.4. The molecule has 0 atom stereocenters. The van der Waals surface area contributed by atoms with Crippen molar-refractivity contribution in [3.8, 4) is 5.75 Å². The maximum Gasteiger partial charge on any atom is 0.414 e. The van der Waals surface area contributed by atoms with E-state index in [4.69, 9.17) is 24.5 Å². The van der Waals surface area contributed by atoms with Crippen LogP contribution in [0.15, 0.2) is 41.8 Å². The molecule has 0 spiro atoms. The number of aliphatic carboxylic acids is 2. The highest BCUT2D eigenvalue weighted by Crippen LogP contribution is 2.12. The van der Waals surface area contributed by atoms with Gasteiger partial charge in [0.1, 0.15) is 5.75 Å². The zero-order chi connectivity index (χ0) is 19.4. The lowest BCUT2D eigenvalue weighted by Gasteiger charge is -2.07. The third-order valence-electron chi connectivity index (χ3n) is 2.98. The number of carbonyl (C=O) groups is 3. The third-order valence-corrected chi connectivity index (χ3v) is 3.85. The number of methoxy groups -OCH3 is 1. The highest BCUT2D eigenvalue weighted by Gasteiger charge is 2.05. The van der Waals surface area contributed by atoms with Gasteiger partial charge in [-0.1, -0.05) is 18.2 Å². The molecule has 1 aromatic heterocycles. The lowest BCUT2D eigenvalue weighted by Crippen LogP contribution is -2.31. The topological polar surface area (TPSA) is 125 Å². The van der Waals surface area contributed by atoms with Gasteiger partial charge in [-0.25, -0.2) is 9.59 Å². The molecule has 4 N–H and O–H groups in total. The molecule has 1 amide bonds. The first-order valence-corrected chi connectivity index (χ1v) is 8.43. The first kappa shape index (κ1) is 21.1. The Morgan fingerprint density at radius 3 is 2.38 bits per heavy atom. The molecule has 0 aliphatic heterocycles. The normalized spacial score (nSPS) is 9.58. The van der Waals surface area contributed by atoms with Crippen molar-refractivity contribution in [2.45, 2.75) is 6.54 Å². The number of carboxylic acid groups (broad SMARTS) is 2. The zero-order valence-electron chi connectivity index (χ0n) is 14.1. The number of amides is 1. The van der Waals surface area contributed by atoms with E-state index in [-0.39, 0.29) is 5.91 Å². The van der Waals surface area contributed by atoms with Crippen molar-refractivity contribution in [3.05, 3.63) is 52.2 Å². The van der Waals surface area contributed by atoms with Gasteiger partial charge >= 0.3 is 11.9 Å². The Morgan fingerprint density at radius 2 is 1.81 bits per heavy atom. The van der Waals surface area contributed by atoms with E-state index in [2.05, 4.69) is 10.6 Å². The summed E-state index contributed by atoms with van der Waals surface area (Å²) in [5.41, 5.74) is 1.16. The molecule has 0 aliphatic rings. The SMILES string of the molecule is COc1cccc(CNCCNC(=O)c2cccs2)c1.O=C(O)C(=O)O. The fourth-order valence-electron chi connectivity index (χ4n) is 1.77. The summed E-state index contributed by atoms with van der Waals surface area (Å²) in [6, 6.07) is 11.6. The number of nitrogens with one attached hydrogen (secondary N) is 2. The highest BCUT2D eigenvalue weighted by atomic mass is 32.1. The van der Waals surface area contributed by atoms with Crippen LogP contribution in [0.25, 0.3) is 0 Å². The number of rotatable bonds is 7. The van der Waals surface area contributed by atoms with Crippen molar-refractivity contribution < 1.29 is 29.3 Å². The Kier molecular flexibility index (Phi) is 9.44. The maximum atomic E-state index is 11.7. The maximum absolute atomic E-state index is 11.7. The minimum atomic E-state index is -1.82. The van der Waals surface area contributed by atoms with Crippen molar-refractivity contribution in [1.82, 2.24) is 10.6 Å². The van der Waals surface area contributed by atoms with Crippen LogP contribution in [0.2, 0.25) is 0 Å². The van der Waals surface area contributed by atoms with Crippen molar-refractivity contribution in [2.75, 3.05) is 20.2 Å². The minimum absolute atomic E-state index is 0.0109. The summed E-state index contributed by atoms with van der Waals surface area (Å²) >= 11 is 1.45. The van der Waals surface area contributed by atoms with Gasteiger partial charge in [0.2, 0.25) is 0 Å². The van der Waals surface area contributed by atoms with Gasteiger partial charge in [0.05, 0.1) is 12.0 Å². The first-order valence-electron chi connectivity index (χ1n) is 7.55. The molecule has 140 valence electrons. The van der Waals surface area contributed by atoms with Crippen LogP contribution in [0.4, 0.5) is 0 Å². The van der Waals surface area contributed by atoms with Crippen LogP contribution < -0.4 is 15.4 Å². The van der Waals surface area contributed by atoms with Crippen LogP contribution in [0, 0.1) is 0 Å². The summed E-state index contributed by atoms with van der Waals surface area (Å²) < 4.78 is 5.17. The third kappa shape index (κ3) is 8.27. The molecule has 0 fully saturated rings. The summed E-state index contributed by atoms with van der Waals surface area (Å²) in [6.45, 7) is 2.10. The molecule has 8 nitrogen and oxygen atoms in total.